The lowest BCUT2D eigenvalue weighted by atomic mass is 10.3. The number of carboxylic acids is 1. The van der Waals surface area contributed by atoms with E-state index in [1.165, 1.54) is 12.3 Å². The maximum absolute atomic E-state index is 10.7. The molecule has 6 nitrogen and oxygen atoms in total. The third-order valence-corrected chi connectivity index (χ3v) is 1.93. The minimum Gasteiger partial charge on any atom is -0.477 e. The molecule has 3 N–H and O–H groups in total. The van der Waals surface area contributed by atoms with Gasteiger partial charge in [0.1, 0.15) is 11.3 Å². The molecule has 0 aromatic carbocycles. The highest BCUT2D eigenvalue weighted by molar-refractivity contribution is 5.93. The number of H-pyrrole nitrogens is 1. The van der Waals surface area contributed by atoms with Gasteiger partial charge in [0.05, 0.1) is 11.9 Å². The number of carboxylic acid groups (broad SMARTS) is 1. The molecule has 0 radical (unpaired) electrons. The van der Waals surface area contributed by atoms with Gasteiger partial charge < -0.3 is 15.4 Å². The Morgan fingerprint density at radius 3 is 3.00 bits per heavy atom. The largest absolute Gasteiger partial charge is 0.477 e. The van der Waals surface area contributed by atoms with Crippen LogP contribution in [0.3, 0.4) is 0 Å². The standard InChI is InChI=1S/C9H7N3O3/c13-4-11-6-1-5-2-7(9(14)15)12-8(5)10-3-6/h1-4H,(H,10,12)(H,11,13)(H,14,15). The maximum Gasteiger partial charge on any atom is 0.352 e. The van der Waals surface area contributed by atoms with E-state index in [-0.39, 0.29) is 5.69 Å². The molecule has 0 aliphatic rings. The fraction of sp³-hybridized carbons (Fsp3) is 0. The number of pyridine rings is 1. The fourth-order valence-electron chi connectivity index (χ4n) is 1.28. The summed E-state index contributed by atoms with van der Waals surface area (Å²) in [4.78, 5) is 27.4. The van der Waals surface area contributed by atoms with Crippen LogP contribution < -0.4 is 5.32 Å². The van der Waals surface area contributed by atoms with E-state index in [2.05, 4.69) is 15.3 Å². The molecule has 2 aromatic rings. The van der Waals surface area contributed by atoms with Crippen LogP contribution in [-0.4, -0.2) is 27.5 Å². The van der Waals surface area contributed by atoms with Gasteiger partial charge in [-0.25, -0.2) is 9.78 Å². The molecule has 0 fully saturated rings. The smallest absolute Gasteiger partial charge is 0.352 e. The third kappa shape index (κ3) is 1.64. The minimum atomic E-state index is -1.04. The van der Waals surface area contributed by atoms with Gasteiger partial charge >= 0.3 is 5.97 Å². The van der Waals surface area contributed by atoms with E-state index in [4.69, 9.17) is 5.11 Å². The summed E-state index contributed by atoms with van der Waals surface area (Å²) < 4.78 is 0. The highest BCUT2D eigenvalue weighted by atomic mass is 16.4. The van der Waals surface area contributed by atoms with Gasteiger partial charge in [-0.3, -0.25) is 4.79 Å². The van der Waals surface area contributed by atoms with E-state index >= 15 is 0 Å². The molecular weight excluding hydrogens is 198 g/mol. The lowest BCUT2D eigenvalue weighted by molar-refractivity contribution is -0.105. The number of aromatic carboxylic acids is 1. The molecule has 0 unspecified atom stereocenters. The van der Waals surface area contributed by atoms with E-state index in [1.54, 1.807) is 6.07 Å². The Balaban J connectivity index is 2.51. The molecule has 2 heterocycles. The van der Waals surface area contributed by atoms with E-state index in [9.17, 15) is 9.59 Å². The number of rotatable bonds is 3. The highest BCUT2D eigenvalue weighted by Gasteiger charge is 2.08. The molecular formula is C9H7N3O3. The number of anilines is 1. The van der Waals surface area contributed by atoms with Crippen LogP contribution in [0.4, 0.5) is 5.69 Å². The normalized spacial score (nSPS) is 10.1. The SMILES string of the molecule is O=CNc1cnc2[nH]c(C(=O)O)cc2c1. The average Bonchev–Trinajstić information content (AvgIpc) is 2.61. The Morgan fingerprint density at radius 2 is 2.33 bits per heavy atom. The van der Waals surface area contributed by atoms with Crippen LogP contribution >= 0.6 is 0 Å². The van der Waals surface area contributed by atoms with Crippen LogP contribution in [0.1, 0.15) is 10.5 Å². The molecule has 76 valence electrons. The van der Waals surface area contributed by atoms with Crippen molar-refractivity contribution in [2.75, 3.05) is 5.32 Å². The van der Waals surface area contributed by atoms with Gasteiger partial charge in [0.2, 0.25) is 6.41 Å². The quantitative estimate of drug-likeness (QED) is 0.646. The minimum absolute atomic E-state index is 0.0701. The second kappa shape index (κ2) is 3.41. The van der Waals surface area contributed by atoms with Crippen LogP contribution in [0.2, 0.25) is 0 Å². The molecule has 0 aliphatic heterocycles. The number of carbonyl (C=O) groups excluding carboxylic acids is 1. The zero-order valence-electron chi connectivity index (χ0n) is 7.52. The summed E-state index contributed by atoms with van der Waals surface area (Å²) in [6.45, 7) is 0. The average molecular weight is 205 g/mol. The Hall–Kier alpha value is -2.37. The molecule has 2 rings (SSSR count). The van der Waals surface area contributed by atoms with E-state index in [0.29, 0.717) is 23.1 Å². The number of carbonyl (C=O) groups is 2. The predicted molar refractivity (Wildman–Crippen MR) is 52.7 cm³/mol. The number of aromatic amines is 1. The number of fused-ring (bicyclic) bond motifs is 1. The number of amides is 1. The van der Waals surface area contributed by atoms with Crippen molar-refractivity contribution in [3.05, 3.63) is 24.0 Å². The van der Waals surface area contributed by atoms with Crippen molar-refractivity contribution in [3.8, 4) is 0 Å². The summed E-state index contributed by atoms with van der Waals surface area (Å²) >= 11 is 0. The molecule has 0 atom stereocenters. The number of hydrogen-bond donors (Lipinski definition) is 3. The first-order valence-corrected chi connectivity index (χ1v) is 4.13. The lowest BCUT2D eigenvalue weighted by Crippen LogP contribution is -1.95. The van der Waals surface area contributed by atoms with Gasteiger partial charge in [-0.2, -0.15) is 0 Å². The number of hydrogen-bond acceptors (Lipinski definition) is 3. The molecule has 1 amide bonds. The van der Waals surface area contributed by atoms with Crippen LogP contribution in [-0.2, 0) is 4.79 Å². The Labute approximate surface area is 83.9 Å². The van der Waals surface area contributed by atoms with Crippen molar-refractivity contribution in [2.24, 2.45) is 0 Å². The molecule has 0 saturated carbocycles. The van der Waals surface area contributed by atoms with Crippen LogP contribution in [0.15, 0.2) is 18.3 Å². The van der Waals surface area contributed by atoms with Gasteiger partial charge in [-0.15, -0.1) is 0 Å². The summed E-state index contributed by atoms with van der Waals surface area (Å²) in [5.41, 5.74) is 1.07. The predicted octanol–water partition coefficient (Wildman–Crippen LogP) is 0.829. The van der Waals surface area contributed by atoms with Gasteiger partial charge in [-0.1, -0.05) is 0 Å². The second-order valence-corrected chi connectivity index (χ2v) is 2.91. The zero-order valence-corrected chi connectivity index (χ0v) is 7.52. The number of aromatic nitrogens is 2. The first-order valence-electron chi connectivity index (χ1n) is 4.13. The zero-order chi connectivity index (χ0) is 10.8. The topological polar surface area (TPSA) is 95.1 Å². The molecule has 0 bridgehead atoms. The fourth-order valence-corrected chi connectivity index (χ4v) is 1.28. The summed E-state index contributed by atoms with van der Waals surface area (Å²) in [5.74, 6) is -1.04. The van der Waals surface area contributed by atoms with Crippen LogP contribution in [0, 0.1) is 0 Å². The molecule has 0 saturated heterocycles. The second-order valence-electron chi connectivity index (χ2n) is 2.91. The third-order valence-electron chi connectivity index (χ3n) is 1.93. The Morgan fingerprint density at radius 1 is 1.53 bits per heavy atom. The van der Waals surface area contributed by atoms with Crippen molar-refractivity contribution in [1.82, 2.24) is 9.97 Å². The van der Waals surface area contributed by atoms with Gasteiger partial charge in [-0.05, 0) is 12.1 Å². The van der Waals surface area contributed by atoms with Gasteiger partial charge in [0.15, 0.2) is 0 Å². The van der Waals surface area contributed by atoms with Crippen molar-refractivity contribution in [3.63, 3.8) is 0 Å². The van der Waals surface area contributed by atoms with Crippen molar-refractivity contribution in [1.29, 1.82) is 0 Å². The summed E-state index contributed by atoms with van der Waals surface area (Å²) in [6, 6.07) is 3.10. The Kier molecular flexibility index (Phi) is 2.09. The molecule has 0 aliphatic carbocycles. The molecule has 6 heteroatoms. The summed E-state index contributed by atoms with van der Waals surface area (Å²) in [5, 5.41) is 11.8. The van der Waals surface area contributed by atoms with Crippen molar-refractivity contribution < 1.29 is 14.7 Å². The van der Waals surface area contributed by atoms with E-state index < -0.39 is 5.97 Å². The number of nitrogens with zero attached hydrogens (tertiary/aromatic N) is 1. The first-order chi connectivity index (χ1) is 7.20. The van der Waals surface area contributed by atoms with Gasteiger partial charge in [0, 0.05) is 5.39 Å². The van der Waals surface area contributed by atoms with Crippen molar-refractivity contribution in [2.45, 2.75) is 0 Å². The van der Waals surface area contributed by atoms with Gasteiger partial charge in [0.25, 0.3) is 0 Å². The first kappa shape index (κ1) is 9.20. The Bertz CT molecular complexity index is 532. The van der Waals surface area contributed by atoms with Crippen LogP contribution in [0.5, 0.6) is 0 Å². The van der Waals surface area contributed by atoms with E-state index in [0.717, 1.165) is 0 Å². The monoisotopic (exact) mass is 205 g/mol. The number of nitrogens with one attached hydrogen (secondary N) is 2. The van der Waals surface area contributed by atoms with Crippen molar-refractivity contribution >= 4 is 29.1 Å². The molecule has 0 spiro atoms. The summed E-state index contributed by atoms with van der Waals surface area (Å²) in [7, 11) is 0. The lowest BCUT2D eigenvalue weighted by Gasteiger charge is -1.95. The van der Waals surface area contributed by atoms with Crippen LogP contribution in [0.25, 0.3) is 11.0 Å². The maximum atomic E-state index is 10.7. The molecule has 2 aromatic heterocycles. The highest BCUT2D eigenvalue weighted by Crippen LogP contribution is 2.17. The summed E-state index contributed by atoms with van der Waals surface area (Å²) in [6.07, 6.45) is 1.98. The van der Waals surface area contributed by atoms with E-state index in [1.807, 2.05) is 0 Å². The molecule has 15 heavy (non-hydrogen) atoms.